The summed E-state index contributed by atoms with van der Waals surface area (Å²) in [6.45, 7) is 2.52. The second kappa shape index (κ2) is 7.94. The zero-order valence-electron chi connectivity index (χ0n) is 15.3. The van der Waals surface area contributed by atoms with Gasteiger partial charge in [0.1, 0.15) is 0 Å². The molecule has 26 heavy (non-hydrogen) atoms. The molecule has 0 spiro atoms. The van der Waals surface area contributed by atoms with Gasteiger partial charge in [-0.3, -0.25) is 4.79 Å². The van der Waals surface area contributed by atoms with E-state index in [1.165, 1.54) is 0 Å². The van der Waals surface area contributed by atoms with Gasteiger partial charge in [-0.15, -0.1) is 0 Å². The van der Waals surface area contributed by atoms with Crippen molar-refractivity contribution in [2.75, 3.05) is 20.6 Å². The van der Waals surface area contributed by atoms with Gasteiger partial charge in [0.15, 0.2) is 0 Å². The molecule has 0 bridgehead atoms. The van der Waals surface area contributed by atoms with Crippen LogP contribution in [-0.4, -0.2) is 36.4 Å². The molecule has 4 nitrogen and oxygen atoms in total. The zero-order valence-corrected chi connectivity index (χ0v) is 16.1. The van der Waals surface area contributed by atoms with Crippen molar-refractivity contribution in [3.63, 3.8) is 0 Å². The molecule has 1 amide bonds. The fourth-order valence-corrected chi connectivity index (χ4v) is 3.57. The molecule has 1 atom stereocenters. The highest BCUT2D eigenvalue weighted by molar-refractivity contribution is 6.31. The number of benzene rings is 2. The predicted molar refractivity (Wildman–Crippen MR) is 108 cm³/mol. The van der Waals surface area contributed by atoms with Crippen molar-refractivity contribution in [2.45, 2.75) is 19.4 Å². The molecule has 0 aliphatic rings. The lowest BCUT2D eigenvalue weighted by molar-refractivity contribution is -0.120. The molecular formula is C21H24ClN3O. The van der Waals surface area contributed by atoms with Crippen LogP contribution in [0.5, 0.6) is 0 Å². The molecule has 2 aromatic carbocycles. The fourth-order valence-electron chi connectivity index (χ4n) is 3.31. The van der Waals surface area contributed by atoms with Crippen molar-refractivity contribution in [3.8, 4) is 0 Å². The molecule has 0 radical (unpaired) electrons. The lowest BCUT2D eigenvalue weighted by Crippen LogP contribution is -2.35. The molecule has 136 valence electrons. The number of para-hydroxylation sites is 1. The van der Waals surface area contributed by atoms with Crippen LogP contribution in [0.25, 0.3) is 10.9 Å². The Bertz CT molecular complexity index is 917. The minimum atomic E-state index is 0.0109. The van der Waals surface area contributed by atoms with E-state index in [0.717, 1.165) is 27.7 Å². The first-order valence-electron chi connectivity index (χ1n) is 8.71. The molecule has 0 aliphatic carbocycles. The largest absolute Gasteiger partial charge is 0.358 e. The minimum Gasteiger partial charge on any atom is -0.358 e. The quantitative estimate of drug-likeness (QED) is 0.687. The number of H-pyrrole nitrogens is 1. The van der Waals surface area contributed by atoms with Crippen molar-refractivity contribution in [2.24, 2.45) is 0 Å². The Kier molecular flexibility index (Phi) is 5.64. The van der Waals surface area contributed by atoms with Gasteiger partial charge in [-0.1, -0.05) is 48.0 Å². The zero-order chi connectivity index (χ0) is 18.7. The highest BCUT2D eigenvalue weighted by Crippen LogP contribution is 2.26. The monoisotopic (exact) mass is 369 g/mol. The van der Waals surface area contributed by atoms with Crippen LogP contribution in [-0.2, 0) is 11.2 Å². The first kappa shape index (κ1) is 18.5. The average molecular weight is 370 g/mol. The van der Waals surface area contributed by atoms with E-state index in [2.05, 4.69) is 15.2 Å². The molecule has 3 rings (SSSR count). The smallest absolute Gasteiger partial charge is 0.224 e. The Balaban J connectivity index is 1.71. The number of aryl methyl sites for hydroxylation is 1. The summed E-state index contributed by atoms with van der Waals surface area (Å²) in [4.78, 5) is 18.0. The summed E-state index contributed by atoms with van der Waals surface area (Å²) in [6.07, 6.45) is 0.360. The van der Waals surface area contributed by atoms with E-state index >= 15 is 0 Å². The minimum absolute atomic E-state index is 0.0109. The molecule has 1 heterocycles. The summed E-state index contributed by atoms with van der Waals surface area (Å²) in [5.41, 5.74) is 4.17. The molecule has 3 aromatic rings. The Morgan fingerprint density at radius 2 is 1.85 bits per heavy atom. The highest BCUT2D eigenvalue weighted by atomic mass is 35.5. The molecule has 0 saturated heterocycles. The number of hydrogen-bond donors (Lipinski definition) is 2. The highest BCUT2D eigenvalue weighted by Gasteiger charge is 2.19. The van der Waals surface area contributed by atoms with Gasteiger partial charge in [0, 0.05) is 28.2 Å². The molecule has 1 unspecified atom stereocenters. The second-order valence-electron chi connectivity index (χ2n) is 6.76. The van der Waals surface area contributed by atoms with Gasteiger partial charge in [-0.2, -0.15) is 0 Å². The summed E-state index contributed by atoms with van der Waals surface area (Å²) in [5.74, 6) is 0.0109. The van der Waals surface area contributed by atoms with Gasteiger partial charge in [0.2, 0.25) is 5.91 Å². The number of rotatable bonds is 6. The lowest BCUT2D eigenvalue weighted by atomic mass is 10.0. The molecule has 1 aromatic heterocycles. The third-order valence-electron chi connectivity index (χ3n) is 4.74. The van der Waals surface area contributed by atoms with E-state index in [9.17, 15) is 4.79 Å². The Hall–Kier alpha value is -2.30. The summed E-state index contributed by atoms with van der Waals surface area (Å²) >= 11 is 6.34. The first-order chi connectivity index (χ1) is 12.5. The number of carbonyl (C=O) groups excluding carboxylic acids is 1. The molecular weight excluding hydrogens is 346 g/mol. The number of amides is 1. The Labute approximate surface area is 159 Å². The number of halogens is 1. The van der Waals surface area contributed by atoms with E-state index in [4.69, 9.17) is 11.6 Å². The van der Waals surface area contributed by atoms with Gasteiger partial charge in [-0.25, -0.2) is 0 Å². The first-order valence-corrected chi connectivity index (χ1v) is 9.09. The number of nitrogens with one attached hydrogen (secondary N) is 2. The van der Waals surface area contributed by atoms with Crippen LogP contribution in [0.15, 0.2) is 48.5 Å². The fraction of sp³-hybridized carbons (Fsp3) is 0.286. The number of carbonyl (C=O) groups is 1. The number of aromatic amines is 1. The van der Waals surface area contributed by atoms with Crippen molar-refractivity contribution in [1.29, 1.82) is 0 Å². The third-order valence-corrected chi connectivity index (χ3v) is 5.09. The lowest BCUT2D eigenvalue weighted by Gasteiger charge is -2.26. The van der Waals surface area contributed by atoms with E-state index < -0.39 is 0 Å². The summed E-state index contributed by atoms with van der Waals surface area (Å²) in [7, 11) is 3.98. The van der Waals surface area contributed by atoms with Crippen molar-refractivity contribution in [3.05, 3.63) is 70.4 Å². The van der Waals surface area contributed by atoms with Crippen LogP contribution in [0.1, 0.15) is 22.9 Å². The second-order valence-corrected chi connectivity index (χ2v) is 7.16. The van der Waals surface area contributed by atoms with Crippen LogP contribution in [0.2, 0.25) is 5.02 Å². The van der Waals surface area contributed by atoms with Gasteiger partial charge in [0.25, 0.3) is 0 Å². The SMILES string of the molecule is Cc1[nH]c2ccccc2c1CC(=O)NCC(c1ccccc1Cl)N(C)C. The average Bonchev–Trinajstić information content (AvgIpc) is 2.92. The van der Waals surface area contributed by atoms with E-state index in [1.807, 2.05) is 69.6 Å². The summed E-state index contributed by atoms with van der Waals surface area (Å²) in [6, 6.07) is 15.9. The predicted octanol–water partition coefficient (Wildman–Crippen LogP) is 4.09. The third kappa shape index (κ3) is 3.92. The van der Waals surface area contributed by atoms with E-state index in [1.54, 1.807) is 0 Å². The van der Waals surface area contributed by atoms with Crippen molar-refractivity contribution < 1.29 is 4.79 Å². The molecule has 5 heteroatoms. The maximum Gasteiger partial charge on any atom is 0.224 e. The number of likely N-dealkylation sites (N-methyl/N-ethyl adjacent to an activating group) is 1. The number of hydrogen-bond acceptors (Lipinski definition) is 2. The van der Waals surface area contributed by atoms with Gasteiger partial charge >= 0.3 is 0 Å². The standard InChI is InChI=1S/C21H24ClN3O/c1-14-17(15-8-5-7-11-19(15)24-14)12-21(26)23-13-20(25(2)3)16-9-4-6-10-18(16)22/h4-11,20,24H,12-13H2,1-3H3,(H,23,26). The molecule has 2 N–H and O–H groups in total. The van der Waals surface area contributed by atoms with Crippen LogP contribution < -0.4 is 5.32 Å². The van der Waals surface area contributed by atoms with Gasteiger partial charge in [0.05, 0.1) is 12.5 Å². The van der Waals surface area contributed by atoms with Crippen molar-refractivity contribution >= 4 is 28.4 Å². The normalized spacial score (nSPS) is 12.5. The van der Waals surface area contributed by atoms with E-state index in [0.29, 0.717) is 18.0 Å². The molecule has 0 aliphatic heterocycles. The summed E-state index contributed by atoms with van der Waals surface area (Å²) in [5, 5.41) is 4.89. The summed E-state index contributed by atoms with van der Waals surface area (Å²) < 4.78 is 0. The van der Waals surface area contributed by atoms with Gasteiger partial charge < -0.3 is 15.2 Å². The van der Waals surface area contributed by atoms with Crippen molar-refractivity contribution in [1.82, 2.24) is 15.2 Å². The number of aromatic nitrogens is 1. The van der Waals surface area contributed by atoms with Crippen LogP contribution in [0, 0.1) is 6.92 Å². The molecule has 0 fully saturated rings. The van der Waals surface area contributed by atoms with Crippen LogP contribution >= 0.6 is 11.6 Å². The number of nitrogens with zero attached hydrogens (tertiary/aromatic N) is 1. The maximum atomic E-state index is 12.6. The van der Waals surface area contributed by atoms with Crippen LogP contribution in [0.3, 0.4) is 0 Å². The Morgan fingerprint density at radius 3 is 2.58 bits per heavy atom. The maximum absolute atomic E-state index is 12.6. The van der Waals surface area contributed by atoms with E-state index in [-0.39, 0.29) is 11.9 Å². The molecule has 0 saturated carbocycles. The van der Waals surface area contributed by atoms with Crippen LogP contribution in [0.4, 0.5) is 0 Å². The Morgan fingerprint density at radius 1 is 1.15 bits per heavy atom. The topological polar surface area (TPSA) is 48.1 Å². The number of fused-ring (bicyclic) bond motifs is 1. The van der Waals surface area contributed by atoms with Gasteiger partial charge in [-0.05, 0) is 44.3 Å².